The summed E-state index contributed by atoms with van der Waals surface area (Å²) in [4.78, 5) is 16.9. The van der Waals surface area contributed by atoms with E-state index in [9.17, 15) is 4.79 Å². The molecular formula is C21H30Cl2N4O. The van der Waals surface area contributed by atoms with Crippen LogP contribution in [0.1, 0.15) is 43.2 Å². The number of nitrogens with zero attached hydrogens (tertiary/aromatic N) is 2. The third kappa shape index (κ3) is 5.07. The van der Waals surface area contributed by atoms with Gasteiger partial charge >= 0.3 is 0 Å². The standard InChI is InChI=1S/C21H28N4O.2ClH/c22-20-15-6-3-7-16(20)11-19(10-15)21(26)24-12-17-4-1-2-5-18(17)13-25-9-8-23-14-25;;/h1-2,4-5,8-9,14-16,19-20H,3,6-7,10-13,22H2,(H,24,26);2*1H. The first-order valence-corrected chi connectivity index (χ1v) is 9.76. The van der Waals surface area contributed by atoms with E-state index in [1.165, 1.54) is 30.4 Å². The monoisotopic (exact) mass is 424 g/mol. The largest absolute Gasteiger partial charge is 0.352 e. The van der Waals surface area contributed by atoms with Crippen LogP contribution in [-0.4, -0.2) is 21.5 Å². The van der Waals surface area contributed by atoms with Crippen molar-refractivity contribution in [3.63, 3.8) is 0 Å². The van der Waals surface area contributed by atoms with Gasteiger partial charge in [0.1, 0.15) is 0 Å². The number of benzene rings is 1. The van der Waals surface area contributed by atoms with Crippen molar-refractivity contribution in [3.05, 3.63) is 54.1 Å². The molecule has 2 aromatic rings. The third-order valence-electron chi connectivity index (χ3n) is 6.27. The number of fused-ring (bicyclic) bond motifs is 2. The van der Waals surface area contributed by atoms with Gasteiger partial charge in [0.15, 0.2) is 0 Å². The van der Waals surface area contributed by atoms with Gasteiger partial charge in [0.2, 0.25) is 5.91 Å². The lowest BCUT2D eigenvalue weighted by atomic mass is 9.65. The van der Waals surface area contributed by atoms with E-state index in [2.05, 4.69) is 22.4 Å². The predicted octanol–water partition coefficient (Wildman–Crippen LogP) is 3.54. The van der Waals surface area contributed by atoms with Gasteiger partial charge in [0.05, 0.1) is 6.33 Å². The highest BCUT2D eigenvalue weighted by atomic mass is 35.5. The zero-order chi connectivity index (χ0) is 17.9. The number of carbonyl (C=O) groups is 1. The highest BCUT2D eigenvalue weighted by Gasteiger charge is 2.40. The molecule has 0 saturated heterocycles. The van der Waals surface area contributed by atoms with Gasteiger partial charge in [-0.15, -0.1) is 24.8 Å². The fourth-order valence-corrected chi connectivity index (χ4v) is 4.79. The molecule has 2 fully saturated rings. The number of hydrogen-bond donors (Lipinski definition) is 2. The Morgan fingerprint density at radius 3 is 2.46 bits per heavy atom. The van der Waals surface area contributed by atoms with Crippen molar-refractivity contribution in [2.75, 3.05) is 0 Å². The molecule has 2 aliphatic carbocycles. The molecule has 2 saturated carbocycles. The molecule has 0 aliphatic heterocycles. The van der Waals surface area contributed by atoms with Crippen molar-refractivity contribution in [1.29, 1.82) is 0 Å². The molecule has 4 rings (SSSR count). The van der Waals surface area contributed by atoms with Crippen molar-refractivity contribution in [1.82, 2.24) is 14.9 Å². The number of halogens is 2. The smallest absolute Gasteiger partial charge is 0.223 e. The van der Waals surface area contributed by atoms with E-state index in [4.69, 9.17) is 5.73 Å². The molecule has 1 amide bonds. The highest BCUT2D eigenvalue weighted by molar-refractivity contribution is 5.85. The molecule has 1 heterocycles. The quantitative estimate of drug-likeness (QED) is 0.770. The molecule has 28 heavy (non-hydrogen) atoms. The molecule has 2 unspecified atom stereocenters. The van der Waals surface area contributed by atoms with Crippen LogP contribution in [0.5, 0.6) is 0 Å². The summed E-state index contributed by atoms with van der Waals surface area (Å²) in [6.45, 7) is 1.36. The molecule has 5 nitrogen and oxygen atoms in total. The van der Waals surface area contributed by atoms with E-state index in [0.717, 1.165) is 19.4 Å². The van der Waals surface area contributed by atoms with Gasteiger partial charge in [-0.25, -0.2) is 4.98 Å². The van der Waals surface area contributed by atoms with E-state index in [1.807, 2.05) is 29.2 Å². The Morgan fingerprint density at radius 2 is 1.82 bits per heavy atom. The maximum Gasteiger partial charge on any atom is 0.223 e. The van der Waals surface area contributed by atoms with Crippen LogP contribution in [0.4, 0.5) is 0 Å². The summed E-state index contributed by atoms with van der Waals surface area (Å²) < 4.78 is 2.05. The number of hydrogen-bond acceptors (Lipinski definition) is 3. The first kappa shape index (κ1) is 22.7. The Kier molecular flexibility index (Phi) is 8.35. The SMILES string of the molecule is Cl.Cl.NC1C2CCCC1CC(C(=O)NCc1ccccc1Cn1ccnc1)C2. The van der Waals surface area contributed by atoms with Crippen molar-refractivity contribution in [2.45, 2.75) is 51.2 Å². The number of imidazole rings is 1. The zero-order valence-electron chi connectivity index (χ0n) is 16.0. The van der Waals surface area contributed by atoms with Gasteiger partial charge in [-0.05, 0) is 48.6 Å². The fourth-order valence-electron chi connectivity index (χ4n) is 4.79. The van der Waals surface area contributed by atoms with Crippen LogP contribution in [0.15, 0.2) is 43.0 Å². The summed E-state index contributed by atoms with van der Waals surface area (Å²) in [5.41, 5.74) is 8.74. The van der Waals surface area contributed by atoms with E-state index in [-0.39, 0.29) is 36.6 Å². The normalized spacial score (nSPS) is 25.9. The van der Waals surface area contributed by atoms with Crippen LogP contribution in [0.25, 0.3) is 0 Å². The maximum absolute atomic E-state index is 12.8. The van der Waals surface area contributed by atoms with E-state index in [0.29, 0.717) is 24.4 Å². The van der Waals surface area contributed by atoms with Crippen molar-refractivity contribution in [2.24, 2.45) is 23.5 Å². The second-order valence-electron chi connectivity index (χ2n) is 7.92. The molecule has 154 valence electrons. The van der Waals surface area contributed by atoms with E-state index < -0.39 is 0 Å². The molecule has 0 spiro atoms. The molecule has 2 aliphatic rings. The Labute approximate surface area is 179 Å². The van der Waals surface area contributed by atoms with Gasteiger partial charge in [0, 0.05) is 37.4 Å². The lowest BCUT2D eigenvalue weighted by Gasteiger charge is -2.43. The summed E-state index contributed by atoms with van der Waals surface area (Å²) in [6.07, 6.45) is 11.1. The van der Waals surface area contributed by atoms with Gasteiger partial charge < -0.3 is 15.6 Å². The minimum atomic E-state index is 0. The highest BCUT2D eigenvalue weighted by Crippen LogP contribution is 2.41. The topological polar surface area (TPSA) is 72.9 Å². The van der Waals surface area contributed by atoms with Crippen LogP contribution < -0.4 is 11.1 Å². The van der Waals surface area contributed by atoms with Gasteiger partial charge in [-0.1, -0.05) is 30.7 Å². The first-order chi connectivity index (χ1) is 12.7. The summed E-state index contributed by atoms with van der Waals surface area (Å²) in [7, 11) is 0. The molecule has 1 aromatic carbocycles. The number of nitrogens with two attached hydrogens (primary N) is 1. The predicted molar refractivity (Wildman–Crippen MR) is 116 cm³/mol. The van der Waals surface area contributed by atoms with Crippen molar-refractivity contribution < 1.29 is 4.79 Å². The lowest BCUT2D eigenvalue weighted by molar-refractivity contribution is -0.128. The van der Waals surface area contributed by atoms with Crippen LogP contribution in [0.2, 0.25) is 0 Å². The minimum Gasteiger partial charge on any atom is -0.352 e. The van der Waals surface area contributed by atoms with E-state index >= 15 is 0 Å². The molecule has 2 bridgehead atoms. The summed E-state index contributed by atoms with van der Waals surface area (Å²) >= 11 is 0. The number of carbonyl (C=O) groups excluding carboxylic acids is 1. The Hall–Kier alpha value is -1.56. The van der Waals surface area contributed by atoms with Crippen LogP contribution in [-0.2, 0) is 17.9 Å². The number of aromatic nitrogens is 2. The number of rotatable bonds is 5. The van der Waals surface area contributed by atoms with Crippen molar-refractivity contribution in [3.8, 4) is 0 Å². The van der Waals surface area contributed by atoms with Gasteiger partial charge in [-0.3, -0.25) is 4.79 Å². The lowest BCUT2D eigenvalue weighted by Crippen LogP contribution is -2.49. The Bertz CT molecular complexity index is 739. The van der Waals surface area contributed by atoms with Crippen LogP contribution in [0.3, 0.4) is 0 Å². The fraction of sp³-hybridized carbons (Fsp3) is 0.524. The average molecular weight is 425 g/mol. The number of amides is 1. The molecule has 7 heteroatoms. The average Bonchev–Trinajstić information content (AvgIpc) is 3.13. The van der Waals surface area contributed by atoms with Gasteiger partial charge in [-0.2, -0.15) is 0 Å². The zero-order valence-corrected chi connectivity index (χ0v) is 17.6. The van der Waals surface area contributed by atoms with Crippen LogP contribution >= 0.6 is 24.8 Å². The molecular weight excluding hydrogens is 395 g/mol. The second-order valence-corrected chi connectivity index (χ2v) is 7.92. The summed E-state index contributed by atoms with van der Waals surface area (Å²) in [6, 6.07) is 8.59. The first-order valence-electron chi connectivity index (χ1n) is 9.76. The van der Waals surface area contributed by atoms with Crippen molar-refractivity contribution >= 4 is 30.7 Å². The molecule has 1 aromatic heterocycles. The van der Waals surface area contributed by atoms with Gasteiger partial charge in [0.25, 0.3) is 0 Å². The Balaban J connectivity index is 0.00000140. The minimum absolute atomic E-state index is 0. The second kappa shape index (κ2) is 10.3. The van der Waals surface area contributed by atoms with Crippen LogP contribution in [0, 0.1) is 17.8 Å². The maximum atomic E-state index is 12.8. The van der Waals surface area contributed by atoms with E-state index in [1.54, 1.807) is 6.20 Å². The molecule has 3 N–H and O–H groups in total. The summed E-state index contributed by atoms with van der Waals surface area (Å²) in [5, 5.41) is 3.19. The third-order valence-corrected chi connectivity index (χ3v) is 6.27. The summed E-state index contributed by atoms with van der Waals surface area (Å²) in [5.74, 6) is 1.40. The number of nitrogens with one attached hydrogen (secondary N) is 1. The molecule has 2 atom stereocenters. The Morgan fingerprint density at radius 1 is 1.14 bits per heavy atom. The molecule has 0 radical (unpaired) electrons.